The molecule has 12 rings (SSSR count). The van der Waals surface area contributed by atoms with Crippen molar-refractivity contribution in [3.05, 3.63) is 198 Å². The van der Waals surface area contributed by atoms with E-state index < -0.39 is 0 Å². The molecule has 0 amide bonds. The van der Waals surface area contributed by atoms with Crippen molar-refractivity contribution < 1.29 is 0 Å². The van der Waals surface area contributed by atoms with E-state index in [4.69, 9.17) is 0 Å². The first-order valence-corrected chi connectivity index (χ1v) is 19.4. The number of hydrogen-bond acceptors (Lipinski definition) is 1. The van der Waals surface area contributed by atoms with Gasteiger partial charge in [-0.05, 0) is 94.3 Å². The van der Waals surface area contributed by atoms with Crippen LogP contribution in [0.3, 0.4) is 0 Å². The Morgan fingerprint density at radius 1 is 0.545 bits per heavy atom. The van der Waals surface area contributed by atoms with Crippen LogP contribution in [-0.4, -0.2) is 9.13 Å². The Labute approximate surface area is 319 Å². The number of benzene rings is 7. The molecule has 2 aliphatic heterocycles. The zero-order chi connectivity index (χ0) is 36.2. The van der Waals surface area contributed by atoms with E-state index >= 15 is 0 Å². The monoisotopic (exact) mass is 703 g/mol. The molecular formula is C52H37N3. The molecule has 0 fully saturated rings. The van der Waals surface area contributed by atoms with Crippen LogP contribution < -0.4 is 5.32 Å². The number of rotatable bonds is 4. The van der Waals surface area contributed by atoms with E-state index in [0.29, 0.717) is 5.92 Å². The highest BCUT2D eigenvalue weighted by Gasteiger charge is 2.38. The van der Waals surface area contributed by atoms with Gasteiger partial charge in [-0.25, -0.2) is 0 Å². The number of fused-ring (bicyclic) bond motifs is 10. The molecule has 3 aliphatic rings. The molecule has 0 bridgehead atoms. The maximum absolute atomic E-state index is 3.99. The smallest absolute Gasteiger partial charge is 0.131 e. The second kappa shape index (κ2) is 11.6. The molecule has 260 valence electrons. The lowest BCUT2D eigenvalue weighted by Crippen LogP contribution is -2.21. The summed E-state index contributed by atoms with van der Waals surface area (Å²) in [5.74, 6) is 0.561. The van der Waals surface area contributed by atoms with Crippen molar-refractivity contribution in [3.63, 3.8) is 0 Å². The minimum atomic E-state index is -0.00835. The number of hydrogen-bond donors (Lipinski definition) is 1. The first-order chi connectivity index (χ1) is 27.2. The Hall–Kier alpha value is -6.84. The Kier molecular flexibility index (Phi) is 6.44. The number of anilines is 1. The summed E-state index contributed by atoms with van der Waals surface area (Å²) in [6.07, 6.45) is 8.12. The molecule has 0 spiro atoms. The van der Waals surface area contributed by atoms with Crippen LogP contribution in [0.25, 0.3) is 77.1 Å². The van der Waals surface area contributed by atoms with Crippen LogP contribution in [0.1, 0.15) is 41.8 Å². The third-order valence-corrected chi connectivity index (χ3v) is 12.2. The van der Waals surface area contributed by atoms with Crippen molar-refractivity contribution in [2.75, 3.05) is 5.32 Å². The van der Waals surface area contributed by atoms with Crippen LogP contribution >= 0.6 is 0 Å². The van der Waals surface area contributed by atoms with Crippen molar-refractivity contribution >= 4 is 66.0 Å². The molecule has 2 aromatic heterocycles. The van der Waals surface area contributed by atoms with E-state index in [1.54, 1.807) is 0 Å². The number of aromatic nitrogens is 2. The van der Waals surface area contributed by atoms with E-state index in [9.17, 15) is 0 Å². The van der Waals surface area contributed by atoms with Crippen LogP contribution in [0.15, 0.2) is 176 Å². The van der Waals surface area contributed by atoms with E-state index in [-0.39, 0.29) is 6.17 Å². The van der Waals surface area contributed by atoms with Crippen LogP contribution in [0.5, 0.6) is 0 Å². The van der Waals surface area contributed by atoms with Gasteiger partial charge in [-0.15, -0.1) is 0 Å². The fourth-order valence-corrected chi connectivity index (χ4v) is 9.75. The number of para-hydroxylation sites is 4. The average Bonchev–Trinajstić information content (AvgIpc) is 3.88. The largest absolute Gasteiger partial charge is 0.361 e. The Bertz CT molecular complexity index is 3150. The van der Waals surface area contributed by atoms with Crippen molar-refractivity contribution in [2.45, 2.75) is 19.5 Å². The number of nitrogens with one attached hydrogen (secondary N) is 1. The summed E-state index contributed by atoms with van der Waals surface area (Å²) in [4.78, 5) is 0. The molecule has 1 N–H and O–H groups in total. The van der Waals surface area contributed by atoms with Crippen molar-refractivity contribution in [3.8, 4) is 16.8 Å². The van der Waals surface area contributed by atoms with Gasteiger partial charge in [0.1, 0.15) is 6.17 Å². The molecule has 55 heavy (non-hydrogen) atoms. The number of nitrogens with zero attached hydrogens (tertiary/aromatic N) is 2. The lowest BCUT2D eigenvalue weighted by Gasteiger charge is -2.30. The van der Waals surface area contributed by atoms with Gasteiger partial charge in [0, 0.05) is 49.6 Å². The van der Waals surface area contributed by atoms with Gasteiger partial charge in [0.25, 0.3) is 0 Å². The van der Waals surface area contributed by atoms with E-state index in [2.05, 4.69) is 197 Å². The predicted molar refractivity (Wildman–Crippen MR) is 232 cm³/mol. The highest BCUT2D eigenvalue weighted by atomic mass is 15.2. The third kappa shape index (κ3) is 4.44. The fourth-order valence-electron chi connectivity index (χ4n) is 9.75. The normalized spacial score (nSPS) is 17.2. The third-order valence-electron chi connectivity index (χ3n) is 12.2. The molecule has 2 unspecified atom stereocenters. The first-order valence-electron chi connectivity index (χ1n) is 19.4. The first kappa shape index (κ1) is 30.6. The molecule has 4 heterocycles. The summed E-state index contributed by atoms with van der Waals surface area (Å²) < 4.78 is 4.93. The topological polar surface area (TPSA) is 21.9 Å². The molecule has 9 aromatic rings. The summed E-state index contributed by atoms with van der Waals surface area (Å²) in [6.45, 7) is 2.30. The van der Waals surface area contributed by atoms with Gasteiger partial charge < -0.3 is 14.5 Å². The minimum Gasteiger partial charge on any atom is -0.361 e. The Morgan fingerprint density at radius 3 is 2.11 bits per heavy atom. The van der Waals surface area contributed by atoms with Gasteiger partial charge >= 0.3 is 0 Å². The molecule has 7 aromatic carbocycles. The van der Waals surface area contributed by atoms with E-state index in [1.165, 1.54) is 105 Å². The Morgan fingerprint density at radius 2 is 1.22 bits per heavy atom. The van der Waals surface area contributed by atoms with Gasteiger partial charge in [0.15, 0.2) is 0 Å². The second-order valence-corrected chi connectivity index (χ2v) is 15.4. The predicted octanol–water partition coefficient (Wildman–Crippen LogP) is 13.4. The van der Waals surface area contributed by atoms with Crippen LogP contribution in [0.4, 0.5) is 5.69 Å². The quantitative estimate of drug-likeness (QED) is 0.194. The SMILES string of the molecule is CC1C=C(c2ccc3c(c2)c2cccc4c2n3C2Nc3ccccc3C(c3ccc(-c5ccc6c(c5)c5ccccc5n6-c5ccccc5)cc3)=C42)C=CC1. The molecule has 1 aliphatic carbocycles. The zero-order valence-corrected chi connectivity index (χ0v) is 30.5. The van der Waals surface area contributed by atoms with Crippen LogP contribution in [-0.2, 0) is 0 Å². The molecule has 0 saturated carbocycles. The molecular weight excluding hydrogens is 667 g/mol. The zero-order valence-electron chi connectivity index (χ0n) is 30.5. The summed E-state index contributed by atoms with van der Waals surface area (Å²) in [5.41, 5.74) is 18.9. The Balaban J connectivity index is 1.00. The van der Waals surface area contributed by atoms with Crippen LogP contribution in [0, 0.1) is 5.92 Å². The van der Waals surface area contributed by atoms with Gasteiger partial charge in [0.05, 0.1) is 22.1 Å². The minimum absolute atomic E-state index is 0.00835. The molecule has 0 saturated heterocycles. The molecule has 3 nitrogen and oxygen atoms in total. The van der Waals surface area contributed by atoms with Crippen molar-refractivity contribution in [1.82, 2.24) is 9.13 Å². The van der Waals surface area contributed by atoms with Gasteiger partial charge in [-0.2, -0.15) is 0 Å². The maximum atomic E-state index is 3.99. The standard InChI is InChI=1S/C52H37N3/c1-32-11-9-12-35(29-32)37-26-28-48-44(31-37)40-17-10-18-42-50-49(41-16-5-7-19-45(41)53-52(50)55(48)51(40)42)34-23-21-33(22-24-34)36-25-27-47-43(30-36)39-15-6-8-20-46(39)54(47)38-13-3-2-4-14-38/h2-10,12-32,52-53H,11H2,1H3. The maximum Gasteiger partial charge on any atom is 0.131 e. The van der Waals surface area contributed by atoms with Gasteiger partial charge in [-0.3, -0.25) is 0 Å². The summed E-state index contributed by atoms with van der Waals surface area (Å²) in [7, 11) is 0. The lowest BCUT2D eigenvalue weighted by atomic mass is 9.84. The summed E-state index contributed by atoms with van der Waals surface area (Å²) >= 11 is 0. The van der Waals surface area contributed by atoms with E-state index in [0.717, 1.165) is 6.42 Å². The molecule has 3 heteroatoms. The second-order valence-electron chi connectivity index (χ2n) is 15.4. The fraction of sp³-hybridized carbons (Fsp3) is 0.0769. The highest BCUT2D eigenvalue weighted by Crippen LogP contribution is 2.54. The summed E-state index contributed by atoms with van der Waals surface area (Å²) in [6, 6.07) is 58.4. The molecule has 0 radical (unpaired) electrons. The number of allylic oxidation sites excluding steroid dienone is 4. The molecule has 2 atom stereocenters. The lowest BCUT2D eigenvalue weighted by molar-refractivity contribution is 0.740. The summed E-state index contributed by atoms with van der Waals surface area (Å²) in [5, 5.41) is 9.16. The van der Waals surface area contributed by atoms with E-state index in [1.807, 2.05) is 0 Å². The van der Waals surface area contributed by atoms with Gasteiger partial charge in [-0.1, -0.05) is 134 Å². The van der Waals surface area contributed by atoms with Gasteiger partial charge in [0.2, 0.25) is 0 Å². The van der Waals surface area contributed by atoms with Crippen molar-refractivity contribution in [1.29, 1.82) is 0 Å². The van der Waals surface area contributed by atoms with Crippen LogP contribution in [0.2, 0.25) is 0 Å². The average molecular weight is 704 g/mol. The highest BCUT2D eigenvalue weighted by molar-refractivity contribution is 6.19. The van der Waals surface area contributed by atoms with Crippen molar-refractivity contribution in [2.24, 2.45) is 5.92 Å².